The number of amides is 3. The van der Waals surface area contributed by atoms with Gasteiger partial charge in [-0.05, 0) is 43.7 Å². The van der Waals surface area contributed by atoms with Gasteiger partial charge >= 0.3 is 0 Å². The Morgan fingerprint density at radius 2 is 1.25 bits per heavy atom. The molecule has 2 heterocycles. The molecule has 3 aromatic carbocycles. The summed E-state index contributed by atoms with van der Waals surface area (Å²) < 4.78 is 5.54. The molecular formula is C26H18Cl4N2O4. The van der Waals surface area contributed by atoms with E-state index in [1.54, 1.807) is 17.0 Å². The molecule has 2 aliphatic rings. The molecule has 3 aromatic rings. The van der Waals surface area contributed by atoms with E-state index >= 15 is 0 Å². The Hall–Kier alpha value is -2.77. The molecule has 0 unspecified atom stereocenters. The second-order valence-corrected chi connectivity index (χ2v) is 9.93. The van der Waals surface area contributed by atoms with E-state index in [2.05, 4.69) is 0 Å². The summed E-state index contributed by atoms with van der Waals surface area (Å²) in [5.41, 5.74) is 2.06. The number of nitrogens with zero attached hydrogens (tertiary/aromatic N) is 2. The number of carbonyl (C=O) groups is 3. The summed E-state index contributed by atoms with van der Waals surface area (Å²) in [6.45, 7) is 4.32. The number of fused-ring (bicyclic) bond motifs is 1. The number of halogens is 4. The van der Waals surface area contributed by atoms with E-state index in [1.165, 1.54) is 0 Å². The molecule has 2 atom stereocenters. The number of hydrogen-bond acceptors (Lipinski definition) is 4. The zero-order valence-corrected chi connectivity index (χ0v) is 22.0. The number of aryl methyl sites for hydroxylation is 1. The molecule has 0 radical (unpaired) electrons. The van der Waals surface area contributed by atoms with Gasteiger partial charge in [-0.25, -0.2) is 0 Å². The number of rotatable bonds is 5. The Morgan fingerprint density at radius 3 is 1.75 bits per heavy atom. The second-order valence-electron chi connectivity index (χ2n) is 8.42. The lowest BCUT2D eigenvalue weighted by Gasteiger charge is -2.49. The Balaban J connectivity index is 1.60. The van der Waals surface area contributed by atoms with Crippen molar-refractivity contribution in [3.63, 3.8) is 0 Å². The fourth-order valence-corrected chi connectivity index (χ4v) is 5.61. The van der Waals surface area contributed by atoms with Crippen LogP contribution in [-0.2, 0) is 4.79 Å². The smallest absolute Gasteiger partial charge is 0.264 e. The molecule has 6 nitrogen and oxygen atoms in total. The summed E-state index contributed by atoms with van der Waals surface area (Å²) >= 11 is 24.9. The number of benzene rings is 3. The van der Waals surface area contributed by atoms with Crippen molar-refractivity contribution in [2.24, 2.45) is 0 Å². The monoisotopic (exact) mass is 562 g/mol. The van der Waals surface area contributed by atoms with E-state index in [4.69, 9.17) is 51.1 Å². The van der Waals surface area contributed by atoms with Gasteiger partial charge in [0.25, 0.3) is 17.7 Å². The minimum Gasteiger partial charge on any atom is -0.494 e. The molecule has 3 amide bonds. The highest BCUT2D eigenvalue weighted by molar-refractivity contribution is 6.55. The maximum absolute atomic E-state index is 13.6. The molecule has 0 bridgehead atoms. The largest absolute Gasteiger partial charge is 0.494 e. The van der Waals surface area contributed by atoms with Crippen molar-refractivity contribution in [1.29, 1.82) is 0 Å². The average Bonchev–Trinajstić information content (AvgIpc) is 3.12. The highest BCUT2D eigenvalue weighted by Crippen LogP contribution is 2.49. The number of hydrogen-bond donors (Lipinski definition) is 0. The van der Waals surface area contributed by atoms with Gasteiger partial charge in [0.1, 0.15) is 11.8 Å². The van der Waals surface area contributed by atoms with Crippen molar-refractivity contribution in [1.82, 2.24) is 4.90 Å². The second kappa shape index (κ2) is 9.27. The first-order valence-electron chi connectivity index (χ1n) is 11.0. The first kappa shape index (κ1) is 24.9. The standard InChI is InChI=1S/C26H18Cl4N2O4/c1-3-36-15-10-6-13(7-11-15)22-23(26(35)31(22)14-8-4-12(2)5-9-14)32-24(33)16-17(25(32)34)19(28)21(30)20(29)18(16)27/h4-11,22-23H,3H2,1-2H3/t22-,23-/m0/s1. The number of anilines is 1. The molecule has 36 heavy (non-hydrogen) atoms. The van der Waals surface area contributed by atoms with E-state index in [1.807, 2.05) is 50.2 Å². The van der Waals surface area contributed by atoms with Gasteiger partial charge in [-0.15, -0.1) is 0 Å². The molecule has 5 rings (SSSR count). The first-order valence-corrected chi connectivity index (χ1v) is 12.5. The van der Waals surface area contributed by atoms with Crippen LogP contribution in [0.4, 0.5) is 5.69 Å². The van der Waals surface area contributed by atoms with Crippen molar-refractivity contribution >= 4 is 69.8 Å². The molecule has 10 heteroatoms. The predicted octanol–water partition coefficient (Wildman–Crippen LogP) is 6.76. The van der Waals surface area contributed by atoms with Crippen LogP contribution >= 0.6 is 46.4 Å². The predicted molar refractivity (Wildman–Crippen MR) is 140 cm³/mol. The number of carbonyl (C=O) groups excluding carboxylic acids is 3. The van der Waals surface area contributed by atoms with Crippen molar-refractivity contribution in [3.8, 4) is 5.75 Å². The van der Waals surface area contributed by atoms with E-state index in [0.29, 0.717) is 23.6 Å². The SMILES string of the molecule is CCOc1ccc([C@H]2[C@H](N3C(=O)c4c(Cl)c(Cl)c(Cl)c(Cl)c4C3=O)C(=O)N2c2ccc(C)cc2)cc1. The molecule has 1 fully saturated rings. The molecule has 1 saturated heterocycles. The molecule has 0 spiro atoms. The van der Waals surface area contributed by atoms with E-state index in [9.17, 15) is 14.4 Å². The third-order valence-corrected chi connectivity index (χ3v) is 8.13. The van der Waals surface area contributed by atoms with Crippen LogP contribution < -0.4 is 9.64 Å². The summed E-state index contributed by atoms with van der Waals surface area (Å²) in [6.07, 6.45) is 0. The molecule has 0 aromatic heterocycles. The van der Waals surface area contributed by atoms with E-state index in [0.717, 1.165) is 10.5 Å². The summed E-state index contributed by atoms with van der Waals surface area (Å²) in [7, 11) is 0. The third kappa shape index (κ3) is 3.67. The zero-order valence-electron chi connectivity index (χ0n) is 19.0. The lowest BCUT2D eigenvalue weighted by molar-refractivity contribution is -0.130. The summed E-state index contributed by atoms with van der Waals surface area (Å²) in [5.74, 6) is -1.26. The average molecular weight is 564 g/mol. The highest BCUT2D eigenvalue weighted by Gasteiger charge is 2.58. The quantitative estimate of drug-likeness (QED) is 0.149. The Kier molecular flexibility index (Phi) is 6.41. The Labute approximate surface area is 227 Å². The summed E-state index contributed by atoms with van der Waals surface area (Å²) in [4.78, 5) is 43.0. The van der Waals surface area contributed by atoms with Crippen LogP contribution in [0.25, 0.3) is 0 Å². The van der Waals surface area contributed by atoms with Gasteiger partial charge in [-0.2, -0.15) is 0 Å². The fourth-order valence-electron chi connectivity index (χ4n) is 4.60. The van der Waals surface area contributed by atoms with Crippen LogP contribution in [0, 0.1) is 6.92 Å². The van der Waals surface area contributed by atoms with Gasteiger partial charge in [0, 0.05) is 5.69 Å². The number of imide groups is 1. The highest BCUT2D eigenvalue weighted by atomic mass is 35.5. The van der Waals surface area contributed by atoms with Gasteiger partial charge in [-0.3, -0.25) is 19.3 Å². The first-order chi connectivity index (χ1) is 17.2. The molecule has 0 aliphatic carbocycles. The van der Waals surface area contributed by atoms with Crippen LogP contribution in [0.3, 0.4) is 0 Å². The molecule has 184 valence electrons. The topological polar surface area (TPSA) is 66.9 Å². The number of β-lactam (4-membered cyclic amide) rings is 1. The van der Waals surface area contributed by atoms with Crippen molar-refractivity contribution < 1.29 is 19.1 Å². The molecule has 0 N–H and O–H groups in total. The van der Waals surface area contributed by atoms with Gasteiger partial charge in [0.15, 0.2) is 0 Å². The van der Waals surface area contributed by atoms with Crippen LogP contribution in [0.15, 0.2) is 48.5 Å². The van der Waals surface area contributed by atoms with Crippen LogP contribution in [0.5, 0.6) is 5.75 Å². The van der Waals surface area contributed by atoms with Crippen LogP contribution in [0.2, 0.25) is 20.1 Å². The summed E-state index contributed by atoms with van der Waals surface area (Å²) in [6, 6.07) is 12.8. The fraction of sp³-hybridized carbons (Fsp3) is 0.192. The Morgan fingerprint density at radius 1 is 0.722 bits per heavy atom. The minimum atomic E-state index is -1.12. The molecule has 0 saturated carbocycles. The zero-order chi connectivity index (χ0) is 25.9. The lowest BCUT2D eigenvalue weighted by Crippen LogP contribution is -2.67. The van der Waals surface area contributed by atoms with Gasteiger partial charge in [0.05, 0.1) is 43.9 Å². The number of ether oxygens (including phenoxy) is 1. The minimum absolute atomic E-state index is 0.130. The van der Waals surface area contributed by atoms with Crippen molar-refractivity contribution in [3.05, 3.63) is 90.9 Å². The van der Waals surface area contributed by atoms with Gasteiger partial charge in [0.2, 0.25) is 0 Å². The van der Waals surface area contributed by atoms with Crippen molar-refractivity contribution in [2.45, 2.75) is 25.9 Å². The van der Waals surface area contributed by atoms with Crippen molar-refractivity contribution in [2.75, 3.05) is 11.5 Å². The lowest BCUT2D eigenvalue weighted by atomic mass is 9.86. The van der Waals surface area contributed by atoms with E-state index in [-0.39, 0.29) is 31.2 Å². The van der Waals surface area contributed by atoms with Gasteiger partial charge in [-0.1, -0.05) is 76.2 Å². The molecular weight excluding hydrogens is 546 g/mol. The third-order valence-electron chi connectivity index (χ3n) is 6.32. The van der Waals surface area contributed by atoms with Crippen LogP contribution in [0.1, 0.15) is 44.8 Å². The van der Waals surface area contributed by atoms with E-state index < -0.39 is 29.8 Å². The van der Waals surface area contributed by atoms with Crippen LogP contribution in [-0.4, -0.2) is 35.3 Å². The Bertz CT molecular complexity index is 1380. The normalized spacial score (nSPS) is 19.0. The van der Waals surface area contributed by atoms with Gasteiger partial charge < -0.3 is 9.64 Å². The maximum Gasteiger partial charge on any atom is 0.264 e. The maximum atomic E-state index is 13.6. The summed E-state index contributed by atoms with van der Waals surface area (Å²) in [5, 5.41) is -0.618. The molecule has 2 aliphatic heterocycles.